The molecule has 1 aromatic heterocycles. The molecule has 2 aromatic rings. The fourth-order valence-electron chi connectivity index (χ4n) is 4.96. The molecule has 1 aromatic carbocycles. The minimum atomic E-state index is 0.354. The largest absolute Gasteiger partial charge is 0.354 e. The summed E-state index contributed by atoms with van der Waals surface area (Å²) in [5.74, 6) is 1.49. The van der Waals surface area contributed by atoms with Gasteiger partial charge in [0.25, 0.3) is 0 Å². The second-order valence-electron chi connectivity index (χ2n) is 8.19. The smallest absolute Gasteiger partial charge is 0.183 e. The van der Waals surface area contributed by atoms with Crippen LogP contribution in [0, 0.1) is 29.6 Å². The molecule has 1 saturated carbocycles. The van der Waals surface area contributed by atoms with Crippen molar-refractivity contribution in [3.05, 3.63) is 39.6 Å². The third kappa shape index (κ3) is 3.25. The summed E-state index contributed by atoms with van der Waals surface area (Å²) in [7, 11) is 0. The number of hydrogen-bond acceptors (Lipinski definition) is 4. The first kappa shape index (κ1) is 19.5. The van der Waals surface area contributed by atoms with Crippen molar-refractivity contribution in [3.8, 4) is 17.3 Å². The Labute approximate surface area is 176 Å². The summed E-state index contributed by atoms with van der Waals surface area (Å²) < 4.78 is 0. The number of piperidine rings is 1. The van der Waals surface area contributed by atoms with Crippen LogP contribution in [0.2, 0.25) is 10.0 Å². The maximum atomic E-state index is 9.74. The average molecular weight is 415 g/mol. The van der Waals surface area contributed by atoms with Gasteiger partial charge >= 0.3 is 0 Å². The number of benzene rings is 1. The Bertz CT molecular complexity index is 942. The molecular weight excluding hydrogens is 391 g/mol. The summed E-state index contributed by atoms with van der Waals surface area (Å²) in [5, 5.41) is 10.6. The van der Waals surface area contributed by atoms with Gasteiger partial charge in [0.05, 0.1) is 21.4 Å². The first-order valence-electron chi connectivity index (χ1n) is 9.93. The van der Waals surface area contributed by atoms with Gasteiger partial charge < -0.3 is 4.90 Å². The van der Waals surface area contributed by atoms with Crippen molar-refractivity contribution in [2.24, 2.45) is 11.3 Å². The lowest BCUT2D eigenvalue weighted by Gasteiger charge is -2.43. The molecule has 4 nitrogen and oxygen atoms in total. The summed E-state index contributed by atoms with van der Waals surface area (Å²) in [5.41, 5.74) is 2.92. The molecule has 0 unspecified atom stereocenters. The molecular formula is C22H24Cl2N4. The predicted octanol–water partition coefficient (Wildman–Crippen LogP) is 6.04. The van der Waals surface area contributed by atoms with E-state index in [4.69, 9.17) is 28.2 Å². The number of aryl methyl sites for hydroxylation is 1. The SMILES string of the molecule is Cc1nc(N2CCC3(CCC[C@H]3C)CC2)c(C#N)nc1-c1cccc(Cl)c1Cl. The van der Waals surface area contributed by atoms with Gasteiger partial charge in [0, 0.05) is 18.7 Å². The number of aromatic nitrogens is 2. The van der Waals surface area contributed by atoms with Gasteiger partial charge in [0.2, 0.25) is 0 Å². The molecule has 2 heterocycles. The van der Waals surface area contributed by atoms with Gasteiger partial charge in [0.15, 0.2) is 11.5 Å². The fraction of sp³-hybridized carbons (Fsp3) is 0.500. The van der Waals surface area contributed by atoms with Gasteiger partial charge in [0.1, 0.15) is 6.07 Å². The Hall–Kier alpha value is -1.83. The highest BCUT2D eigenvalue weighted by molar-refractivity contribution is 6.43. The van der Waals surface area contributed by atoms with E-state index in [9.17, 15) is 5.26 Å². The molecule has 1 aliphatic carbocycles. The highest BCUT2D eigenvalue weighted by atomic mass is 35.5. The van der Waals surface area contributed by atoms with Crippen LogP contribution in [0.25, 0.3) is 11.3 Å². The van der Waals surface area contributed by atoms with E-state index in [0.717, 1.165) is 24.7 Å². The molecule has 2 fully saturated rings. The summed E-state index contributed by atoms with van der Waals surface area (Å²) >= 11 is 12.5. The Kier molecular flexibility index (Phi) is 5.24. The first-order valence-corrected chi connectivity index (χ1v) is 10.7. The van der Waals surface area contributed by atoms with Gasteiger partial charge in [-0.3, -0.25) is 0 Å². The van der Waals surface area contributed by atoms with Crippen LogP contribution in [0.3, 0.4) is 0 Å². The van der Waals surface area contributed by atoms with E-state index in [1.54, 1.807) is 6.07 Å². The highest BCUT2D eigenvalue weighted by Gasteiger charge is 2.42. The Morgan fingerprint density at radius 1 is 1.18 bits per heavy atom. The van der Waals surface area contributed by atoms with Crippen molar-refractivity contribution in [2.75, 3.05) is 18.0 Å². The van der Waals surface area contributed by atoms with Crippen LogP contribution in [0.1, 0.15) is 50.4 Å². The summed E-state index contributed by atoms with van der Waals surface area (Å²) in [4.78, 5) is 11.7. The summed E-state index contributed by atoms with van der Waals surface area (Å²) in [6.45, 7) is 6.18. The minimum Gasteiger partial charge on any atom is -0.354 e. The molecule has 6 heteroatoms. The molecule has 1 aliphatic heterocycles. The average Bonchev–Trinajstić information content (AvgIpc) is 3.04. The van der Waals surface area contributed by atoms with Crippen LogP contribution >= 0.6 is 23.2 Å². The normalized spacial score (nSPS) is 21.1. The van der Waals surface area contributed by atoms with Gasteiger partial charge in [-0.05, 0) is 43.6 Å². The Morgan fingerprint density at radius 3 is 2.57 bits per heavy atom. The molecule has 0 bridgehead atoms. The lowest BCUT2D eigenvalue weighted by Crippen LogP contribution is -2.42. The molecule has 1 spiro atoms. The molecule has 1 atom stereocenters. The monoisotopic (exact) mass is 414 g/mol. The van der Waals surface area contributed by atoms with Gasteiger partial charge in [-0.1, -0.05) is 55.1 Å². The van der Waals surface area contributed by atoms with Crippen LogP contribution in [-0.2, 0) is 0 Å². The number of halogens is 2. The summed E-state index contributed by atoms with van der Waals surface area (Å²) in [6, 6.07) is 7.67. The standard InChI is InChI=1S/C22H24Cl2N4/c1-14-5-4-8-22(14)9-11-28(12-10-22)21-18(13-25)27-20(15(2)26-21)16-6-3-7-17(23)19(16)24/h3,6-7,14H,4-5,8-12H2,1-2H3/t14-/m1/s1. The number of rotatable bonds is 2. The third-order valence-corrected chi connectivity index (χ3v) is 7.60. The van der Waals surface area contributed by atoms with E-state index in [0.29, 0.717) is 38.2 Å². The van der Waals surface area contributed by atoms with E-state index >= 15 is 0 Å². The third-order valence-electron chi connectivity index (χ3n) is 6.78. The first-order chi connectivity index (χ1) is 13.4. The van der Waals surface area contributed by atoms with E-state index in [1.807, 2.05) is 19.1 Å². The maximum Gasteiger partial charge on any atom is 0.183 e. The zero-order valence-electron chi connectivity index (χ0n) is 16.3. The zero-order valence-corrected chi connectivity index (χ0v) is 17.8. The lowest BCUT2D eigenvalue weighted by molar-refractivity contribution is 0.161. The second-order valence-corrected chi connectivity index (χ2v) is 8.97. The van der Waals surface area contributed by atoms with Crippen LogP contribution in [0.5, 0.6) is 0 Å². The fourth-order valence-corrected chi connectivity index (χ4v) is 5.35. The minimum absolute atomic E-state index is 0.354. The number of nitriles is 1. The van der Waals surface area contributed by atoms with E-state index in [2.05, 4.69) is 22.9 Å². The zero-order chi connectivity index (χ0) is 19.9. The molecule has 146 valence electrons. The highest BCUT2D eigenvalue weighted by Crippen LogP contribution is 2.50. The molecule has 0 amide bonds. The van der Waals surface area contributed by atoms with E-state index in [1.165, 1.54) is 32.1 Å². The topological polar surface area (TPSA) is 52.8 Å². The number of hydrogen-bond donors (Lipinski definition) is 0. The molecule has 28 heavy (non-hydrogen) atoms. The molecule has 2 aliphatic rings. The predicted molar refractivity (Wildman–Crippen MR) is 114 cm³/mol. The summed E-state index contributed by atoms with van der Waals surface area (Å²) in [6.07, 6.45) is 6.36. The van der Waals surface area contributed by atoms with Crippen molar-refractivity contribution in [3.63, 3.8) is 0 Å². The number of anilines is 1. The van der Waals surface area contributed by atoms with Crippen molar-refractivity contribution < 1.29 is 0 Å². The van der Waals surface area contributed by atoms with Crippen LogP contribution in [0.4, 0.5) is 5.82 Å². The van der Waals surface area contributed by atoms with Crippen molar-refractivity contribution in [2.45, 2.75) is 46.0 Å². The Morgan fingerprint density at radius 2 is 1.93 bits per heavy atom. The van der Waals surface area contributed by atoms with E-state index in [-0.39, 0.29) is 0 Å². The van der Waals surface area contributed by atoms with Crippen molar-refractivity contribution in [1.82, 2.24) is 9.97 Å². The van der Waals surface area contributed by atoms with Crippen molar-refractivity contribution in [1.29, 1.82) is 5.26 Å². The molecule has 0 N–H and O–H groups in total. The van der Waals surface area contributed by atoms with Crippen LogP contribution in [-0.4, -0.2) is 23.1 Å². The van der Waals surface area contributed by atoms with Gasteiger partial charge in [-0.25, -0.2) is 9.97 Å². The van der Waals surface area contributed by atoms with Crippen LogP contribution in [0.15, 0.2) is 18.2 Å². The molecule has 0 radical (unpaired) electrons. The maximum absolute atomic E-state index is 9.74. The lowest BCUT2D eigenvalue weighted by atomic mass is 9.71. The quantitative estimate of drug-likeness (QED) is 0.600. The van der Waals surface area contributed by atoms with Gasteiger partial charge in [-0.2, -0.15) is 5.26 Å². The molecule has 1 saturated heterocycles. The van der Waals surface area contributed by atoms with Crippen LogP contribution < -0.4 is 4.90 Å². The van der Waals surface area contributed by atoms with Gasteiger partial charge in [-0.15, -0.1) is 0 Å². The molecule has 4 rings (SSSR count). The second kappa shape index (κ2) is 7.54. The Balaban J connectivity index is 1.66. The van der Waals surface area contributed by atoms with E-state index < -0.39 is 0 Å². The van der Waals surface area contributed by atoms with Crippen molar-refractivity contribution >= 4 is 29.0 Å². The number of nitrogens with zero attached hydrogens (tertiary/aromatic N) is 4.